The highest BCUT2D eigenvalue weighted by molar-refractivity contribution is 5.48. The Kier molecular flexibility index (Phi) is 5.44. The molecule has 0 heterocycles. The van der Waals surface area contributed by atoms with Crippen LogP contribution in [-0.4, -0.2) is 20.3 Å². The number of anilines is 1. The lowest BCUT2D eigenvalue weighted by Crippen LogP contribution is -2.16. The van der Waals surface area contributed by atoms with E-state index >= 15 is 0 Å². The standard InChI is InChI=1S/C17H21NO2/c1-3-20-16-11-9-15(10-12-16)18-17(13-19-2)14-7-5-4-6-8-14/h4-12,17-18H,3,13H2,1-2H3. The van der Waals surface area contributed by atoms with Crippen LogP contribution in [0.1, 0.15) is 18.5 Å². The van der Waals surface area contributed by atoms with Crippen LogP contribution in [0.15, 0.2) is 54.6 Å². The van der Waals surface area contributed by atoms with Crippen molar-refractivity contribution in [2.75, 3.05) is 25.6 Å². The lowest BCUT2D eigenvalue weighted by atomic mass is 10.1. The maximum Gasteiger partial charge on any atom is 0.119 e. The van der Waals surface area contributed by atoms with Gasteiger partial charge in [0.05, 0.1) is 19.3 Å². The molecule has 1 atom stereocenters. The monoisotopic (exact) mass is 271 g/mol. The molecule has 2 rings (SSSR count). The van der Waals surface area contributed by atoms with Crippen LogP contribution in [0.4, 0.5) is 5.69 Å². The van der Waals surface area contributed by atoms with E-state index in [0.717, 1.165) is 11.4 Å². The van der Waals surface area contributed by atoms with E-state index in [2.05, 4.69) is 17.4 Å². The highest BCUT2D eigenvalue weighted by Crippen LogP contribution is 2.22. The number of ether oxygens (including phenoxy) is 2. The molecule has 0 fully saturated rings. The second kappa shape index (κ2) is 7.56. The van der Waals surface area contributed by atoms with Crippen LogP contribution in [0.25, 0.3) is 0 Å². The van der Waals surface area contributed by atoms with Gasteiger partial charge in [-0.05, 0) is 36.8 Å². The fourth-order valence-electron chi connectivity index (χ4n) is 2.09. The number of rotatable bonds is 7. The molecule has 0 radical (unpaired) electrons. The van der Waals surface area contributed by atoms with Gasteiger partial charge in [-0.1, -0.05) is 30.3 Å². The van der Waals surface area contributed by atoms with Gasteiger partial charge >= 0.3 is 0 Å². The Morgan fingerprint density at radius 3 is 2.30 bits per heavy atom. The Bertz CT molecular complexity index is 496. The van der Waals surface area contributed by atoms with Crippen LogP contribution in [0.5, 0.6) is 5.75 Å². The fourth-order valence-corrected chi connectivity index (χ4v) is 2.09. The van der Waals surface area contributed by atoms with Crippen molar-refractivity contribution in [2.45, 2.75) is 13.0 Å². The molecule has 1 unspecified atom stereocenters. The lowest BCUT2D eigenvalue weighted by molar-refractivity contribution is 0.186. The van der Waals surface area contributed by atoms with Crippen molar-refractivity contribution in [1.29, 1.82) is 0 Å². The normalized spacial score (nSPS) is 11.9. The van der Waals surface area contributed by atoms with Crippen molar-refractivity contribution in [3.05, 3.63) is 60.2 Å². The lowest BCUT2D eigenvalue weighted by Gasteiger charge is -2.19. The van der Waals surface area contributed by atoms with Gasteiger partial charge in [0, 0.05) is 12.8 Å². The Hall–Kier alpha value is -2.00. The van der Waals surface area contributed by atoms with Crippen LogP contribution in [0, 0.1) is 0 Å². The van der Waals surface area contributed by atoms with E-state index in [1.165, 1.54) is 5.56 Å². The van der Waals surface area contributed by atoms with Crippen molar-refractivity contribution in [2.24, 2.45) is 0 Å². The minimum absolute atomic E-state index is 0.138. The number of hydrogen-bond donors (Lipinski definition) is 1. The SMILES string of the molecule is CCOc1ccc(NC(COC)c2ccccc2)cc1. The summed E-state index contributed by atoms with van der Waals surface area (Å²) in [6.45, 7) is 3.29. The Morgan fingerprint density at radius 2 is 1.70 bits per heavy atom. The zero-order valence-corrected chi connectivity index (χ0v) is 12.0. The van der Waals surface area contributed by atoms with E-state index < -0.39 is 0 Å². The molecule has 106 valence electrons. The van der Waals surface area contributed by atoms with E-state index in [4.69, 9.17) is 9.47 Å². The molecule has 1 N–H and O–H groups in total. The fraction of sp³-hybridized carbons (Fsp3) is 0.294. The molecule has 0 saturated heterocycles. The van der Waals surface area contributed by atoms with Gasteiger partial charge in [0.2, 0.25) is 0 Å². The van der Waals surface area contributed by atoms with Gasteiger partial charge in [-0.3, -0.25) is 0 Å². The van der Waals surface area contributed by atoms with E-state index in [0.29, 0.717) is 13.2 Å². The van der Waals surface area contributed by atoms with E-state index in [9.17, 15) is 0 Å². The van der Waals surface area contributed by atoms with Crippen molar-refractivity contribution < 1.29 is 9.47 Å². The highest BCUT2D eigenvalue weighted by atomic mass is 16.5. The summed E-state index contributed by atoms with van der Waals surface area (Å²) < 4.78 is 10.8. The summed E-state index contributed by atoms with van der Waals surface area (Å²) in [6.07, 6.45) is 0. The van der Waals surface area contributed by atoms with E-state index in [-0.39, 0.29) is 6.04 Å². The molecule has 2 aromatic rings. The molecule has 3 nitrogen and oxygen atoms in total. The van der Waals surface area contributed by atoms with Crippen molar-refractivity contribution in [3.63, 3.8) is 0 Å². The minimum Gasteiger partial charge on any atom is -0.494 e. The summed E-state index contributed by atoms with van der Waals surface area (Å²) in [5.41, 5.74) is 2.27. The number of nitrogens with one attached hydrogen (secondary N) is 1. The maximum atomic E-state index is 5.45. The zero-order chi connectivity index (χ0) is 14.2. The van der Waals surface area contributed by atoms with E-state index in [1.54, 1.807) is 7.11 Å². The molecule has 3 heteroatoms. The third-order valence-electron chi connectivity index (χ3n) is 3.04. The molecule has 0 aliphatic heterocycles. The first kappa shape index (κ1) is 14.4. The van der Waals surface area contributed by atoms with Crippen molar-refractivity contribution in [3.8, 4) is 5.75 Å². The summed E-state index contributed by atoms with van der Waals surface area (Å²) in [7, 11) is 1.72. The van der Waals surface area contributed by atoms with Crippen LogP contribution in [-0.2, 0) is 4.74 Å². The van der Waals surface area contributed by atoms with Gasteiger partial charge in [-0.25, -0.2) is 0 Å². The van der Waals surface area contributed by atoms with Gasteiger partial charge in [-0.15, -0.1) is 0 Å². The summed E-state index contributed by atoms with van der Waals surface area (Å²) in [6, 6.07) is 18.4. The van der Waals surface area contributed by atoms with Crippen LogP contribution in [0.3, 0.4) is 0 Å². The highest BCUT2D eigenvalue weighted by Gasteiger charge is 2.10. The summed E-state index contributed by atoms with van der Waals surface area (Å²) >= 11 is 0. The van der Waals surface area contributed by atoms with E-state index in [1.807, 2.05) is 49.4 Å². The molecule has 0 aromatic heterocycles. The molecular formula is C17H21NO2. The summed E-state index contributed by atoms with van der Waals surface area (Å²) in [4.78, 5) is 0. The van der Waals surface area contributed by atoms with Gasteiger partial charge in [0.15, 0.2) is 0 Å². The molecule has 0 bridgehead atoms. The van der Waals surface area contributed by atoms with Gasteiger partial charge in [0.1, 0.15) is 5.75 Å². The van der Waals surface area contributed by atoms with Crippen LogP contribution >= 0.6 is 0 Å². The Balaban J connectivity index is 2.08. The average molecular weight is 271 g/mol. The summed E-state index contributed by atoms with van der Waals surface area (Å²) in [5, 5.41) is 3.48. The second-order valence-electron chi connectivity index (χ2n) is 4.52. The molecule has 2 aromatic carbocycles. The van der Waals surface area contributed by atoms with Gasteiger partial charge < -0.3 is 14.8 Å². The largest absolute Gasteiger partial charge is 0.494 e. The number of hydrogen-bond acceptors (Lipinski definition) is 3. The predicted octanol–water partition coefficient (Wildman–Crippen LogP) is 3.88. The summed E-state index contributed by atoms with van der Waals surface area (Å²) in [5.74, 6) is 0.890. The molecule has 0 saturated carbocycles. The molecule has 0 spiro atoms. The predicted molar refractivity (Wildman–Crippen MR) is 82.3 cm³/mol. The smallest absolute Gasteiger partial charge is 0.119 e. The van der Waals surface area contributed by atoms with Crippen molar-refractivity contribution >= 4 is 5.69 Å². The Morgan fingerprint density at radius 1 is 1.00 bits per heavy atom. The molecule has 20 heavy (non-hydrogen) atoms. The zero-order valence-electron chi connectivity index (χ0n) is 12.0. The topological polar surface area (TPSA) is 30.5 Å². The third-order valence-corrected chi connectivity index (χ3v) is 3.04. The third kappa shape index (κ3) is 4.00. The van der Waals surface area contributed by atoms with Crippen LogP contribution < -0.4 is 10.1 Å². The van der Waals surface area contributed by atoms with Crippen LogP contribution in [0.2, 0.25) is 0 Å². The minimum atomic E-state index is 0.138. The average Bonchev–Trinajstić information content (AvgIpc) is 2.50. The van der Waals surface area contributed by atoms with Gasteiger partial charge in [0.25, 0.3) is 0 Å². The first-order valence-corrected chi connectivity index (χ1v) is 6.86. The maximum absolute atomic E-state index is 5.45. The second-order valence-corrected chi connectivity index (χ2v) is 4.52. The quantitative estimate of drug-likeness (QED) is 0.829. The van der Waals surface area contributed by atoms with Crippen molar-refractivity contribution in [1.82, 2.24) is 0 Å². The van der Waals surface area contributed by atoms with Gasteiger partial charge in [-0.2, -0.15) is 0 Å². The first-order valence-electron chi connectivity index (χ1n) is 6.86. The molecule has 0 aliphatic carbocycles. The first-order chi connectivity index (χ1) is 9.83. The number of methoxy groups -OCH3 is 1. The molecular weight excluding hydrogens is 250 g/mol. The number of benzene rings is 2. The Labute approximate surface area is 120 Å². The molecule has 0 amide bonds. The molecule has 0 aliphatic rings.